The Hall–Kier alpha value is -4.38. The highest BCUT2D eigenvalue weighted by Crippen LogP contribution is 2.26. The molecule has 0 bridgehead atoms. The number of ether oxygens (including phenoxy) is 1. The minimum atomic E-state index is -4.03. The third kappa shape index (κ3) is 4.04. The van der Waals surface area contributed by atoms with E-state index in [1.54, 1.807) is 59.4 Å². The van der Waals surface area contributed by atoms with Crippen molar-refractivity contribution in [2.24, 2.45) is 0 Å². The zero-order valence-electron chi connectivity index (χ0n) is 17.8. The number of nitrogens with one attached hydrogen (secondary N) is 1. The van der Waals surface area contributed by atoms with Gasteiger partial charge in [-0.3, -0.25) is 9.71 Å². The SMILES string of the molecule is COc1ccc(S(=O)(=O)Nc2cccc(-c3ccc4nnc(-c5cccnc5)n4n3)c2)cc1F. The molecule has 0 fully saturated rings. The lowest BCUT2D eigenvalue weighted by Gasteiger charge is -2.11. The number of anilines is 1. The second-order valence-electron chi connectivity index (χ2n) is 7.24. The molecule has 0 aliphatic carbocycles. The molecule has 0 spiro atoms. The van der Waals surface area contributed by atoms with Crippen LogP contribution < -0.4 is 9.46 Å². The van der Waals surface area contributed by atoms with Crippen molar-refractivity contribution < 1.29 is 17.5 Å². The minimum absolute atomic E-state index is 0.0398. The molecule has 0 atom stereocenters. The summed E-state index contributed by atoms with van der Waals surface area (Å²) in [6, 6.07) is 17.4. The molecule has 0 amide bonds. The highest BCUT2D eigenvalue weighted by Gasteiger charge is 2.18. The van der Waals surface area contributed by atoms with Crippen LogP contribution in [-0.4, -0.2) is 40.3 Å². The van der Waals surface area contributed by atoms with Gasteiger partial charge in [0.25, 0.3) is 10.0 Å². The number of sulfonamides is 1. The fourth-order valence-corrected chi connectivity index (χ4v) is 4.45. The van der Waals surface area contributed by atoms with Gasteiger partial charge in [-0.2, -0.15) is 9.61 Å². The fourth-order valence-electron chi connectivity index (χ4n) is 3.39. The zero-order valence-corrected chi connectivity index (χ0v) is 18.6. The molecule has 0 unspecified atom stereocenters. The van der Waals surface area contributed by atoms with Crippen molar-refractivity contribution >= 4 is 21.4 Å². The van der Waals surface area contributed by atoms with Gasteiger partial charge >= 0.3 is 0 Å². The first-order chi connectivity index (χ1) is 16.4. The molecule has 1 N–H and O–H groups in total. The Labute approximate surface area is 193 Å². The van der Waals surface area contributed by atoms with Gasteiger partial charge in [0.15, 0.2) is 23.0 Å². The Morgan fingerprint density at radius 2 is 1.82 bits per heavy atom. The Balaban J connectivity index is 1.48. The summed E-state index contributed by atoms with van der Waals surface area (Å²) in [4.78, 5) is 3.89. The van der Waals surface area contributed by atoms with Gasteiger partial charge in [-0.05, 0) is 54.6 Å². The molecule has 170 valence electrons. The Morgan fingerprint density at radius 3 is 2.59 bits per heavy atom. The van der Waals surface area contributed by atoms with Crippen molar-refractivity contribution in [2.75, 3.05) is 11.8 Å². The van der Waals surface area contributed by atoms with Crippen molar-refractivity contribution in [1.82, 2.24) is 24.8 Å². The van der Waals surface area contributed by atoms with Gasteiger partial charge < -0.3 is 4.74 Å². The van der Waals surface area contributed by atoms with E-state index in [0.29, 0.717) is 28.4 Å². The van der Waals surface area contributed by atoms with E-state index in [-0.39, 0.29) is 10.6 Å². The number of benzene rings is 2. The van der Waals surface area contributed by atoms with Gasteiger partial charge in [-0.15, -0.1) is 10.2 Å². The Bertz CT molecular complexity index is 1610. The summed E-state index contributed by atoms with van der Waals surface area (Å²) in [6.45, 7) is 0. The molecule has 0 aliphatic rings. The van der Waals surface area contributed by atoms with Crippen LogP contribution in [0.4, 0.5) is 10.1 Å². The van der Waals surface area contributed by atoms with Crippen LogP contribution in [-0.2, 0) is 10.0 Å². The second kappa shape index (κ2) is 8.52. The number of aromatic nitrogens is 5. The van der Waals surface area contributed by atoms with Gasteiger partial charge in [-0.25, -0.2) is 12.8 Å². The quantitative estimate of drug-likeness (QED) is 0.397. The number of hydrogen-bond donors (Lipinski definition) is 1. The van der Waals surface area contributed by atoms with E-state index >= 15 is 0 Å². The van der Waals surface area contributed by atoms with Gasteiger partial charge in [0, 0.05) is 29.2 Å². The van der Waals surface area contributed by atoms with Crippen molar-refractivity contribution in [1.29, 1.82) is 0 Å². The van der Waals surface area contributed by atoms with Gasteiger partial charge in [0.1, 0.15) is 0 Å². The van der Waals surface area contributed by atoms with Crippen LogP contribution in [0.2, 0.25) is 0 Å². The monoisotopic (exact) mass is 476 g/mol. The lowest BCUT2D eigenvalue weighted by molar-refractivity contribution is 0.385. The highest BCUT2D eigenvalue weighted by molar-refractivity contribution is 7.92. The van der Waals surface area contributed by atoms with Crippen molar-refractivity contribution in [2.45, 2.75) is 4.90 Å². The number of pyridine rings is 1. The van der Waals surface area contributed by atoms with Crippen molar-refractivity contribution in [3.63, 3.8) is 0 Å². The predicted molar refractivity (Wildman–Crippen MR) is 123 cm³/mol. The minimum Gasteiger partial charge on any atom is -0.494 e. The molecule has 5 rings (SSSR count). The summed E-state index contributed by atoms with van der Waals surface area (Å²) in [6.07, 6.45) is 3.33. The Kier molecular flexibility index (Phi) is 5.38. The first kappa shape index (κ1) is 21.5. The zero-order chi connectivity index (χ0) is 23.7. The van der Waals surface area contributed by atoms with Gasteiger partial charge in [0.2, 0.25) is 0 Å². The maximum Gasteiger partial charge on any atom is 0.262 e. The third-order valence-corrected chi connectivity index (χ3v) is 6.41. The van der Waals surface area contributed by atoms with E-state index in [1.807, 2.05) is 6.07 Å². The van der Waals surface area contributed by atoms with Crippen LogP contribution in [0.1, 0.15) is 0 Å². The molecule has 2 aromatic carbocycles. The molecule has 0 saturated carbocycles. The van der Waals surface area contributed by atoms with Crippen LogP contribution in [0.25, 0.3) is 28.3 Å². The molecule has 3 aromatic heterocycles. The van der Waals surface area contributed by atoms with E-state index in [0.717, 1.165) is 11.6 Å². The molecular weight excluding hydrogens is 459 g/mol. The second-order valence-corrected chi connectivity index (χ2v) is 8.92. The first-order valence-electron chi connectivity index (χ1n) is 10.0. The van der Waals surface area contributed by atoms with Crippen LogP contribution in [0.15, 0.2) is 84.0 Å². The van der Waals surface area contributed by atoms with Gasteiger partial charge in [-0.1, -0.05) is 12.1 Å². The largest absolute Gasteiger partial charge is 0.494 e. The molecule has 5 aromatic rings. The van der Waals surface area contributed by atoms with E-state index in [2.05, 4.69) is 25.0 Å². The molecule has 34 heavy (non-hydrogen) atoms. The number of methoxy groups -OCH3 is 1. The summed E-state index contributed by atoms with van der Waals surface area (Å²) >= 11 is 0. The highest BCUT2D eigenvalue weighted by atomic mass is 32.2. The third-order valence-electron chi connectivity index (χ3n) is 5.03. The summed E-state index contributed by atoms with van der Waals surface area (Å²) in [5.74, 6) is -0.277. The molecule has 9 nitrogen and oxygen atoms in total. The summed E-state index contributed by atoms with van der Waals surface area (Å²) in [7, 11) is -2.72. The van der Waals surface area contributed by atoms with E-state index in [1.165, 1.54) is 19.2 Å². The lowest BCUT2D eigenvalue weighted by atomic mass is 10.1. The predicted octanol–water partition coefficient (Wildman–Crippen LogP) is 3.80. The normalized spacial score (nSPS) is 11.5. The molecule has 0 aliphatic heterocycles. The molecule has 0 radical (unpaired) electrons. The maximum absolute atomic E-state index is 14.0. The van der Waals surface area contributed by atoms with E-state index in [4.69, 9.17) is 4.74 Å². The van der Waals surface area contributed by atoms with Crippen LogP contribution in [0.3, 0.4) is 0 Å². The number of fused-ring (bicyclic) bond motifs is 1. The number of nitrogens with zero attached hydrogens (tertiary/aromatic N) is 5. The van der Waals surface area contributed by atoms with Crippen LogP contribution >= 0.6 is 0 Å². The standard InChI is InChI=1S/C23H17FN6O3S/c1-33-21-9-7-18(13-19(21)24)34(31,32)29-17-6-2-4-15(12-17)20-8-10-22-26-27-23(30(22)28-20)16-5-3-11-25-14-16/h2-14,29H,1H3. The molecule has 11 heteroatoms. The maximum atomic E-state index is 14.0. The fraction of sp³-hybridized carbons (Fsp3) is 0.0435. The molecule has 0 saturated heterocycles. The van der Waals surface area contributed by atoms with E-state index < -0.39 is 15.8 Å². The molecular formula is C23H17FN6O3S. The summed E-state index contributed by atoms with van der Waals surface area (Å²) in [5.41, 5.74) is 2.85. The average Bonchev–Trinajstić information content (AvgIpc) is 3.28. The smallest absolute Gasteiger partial charge is 0.262 e. The summed E-state index contributed by atoms with van der Waals surface area (Å²) in [5, 5.41) is 13.0. The first-order valence-corrected chi connectivity index (χ1v) is 11.5. The van der Waals surface area contributed by atoms with Crippen molar-refractivity contribution in [3.8, 4) is 28.4 Å². The lowest BCUT2D eigenvalue weighted by Crippen LogP contribution is -2.13. The topological polar surface area (TPSA) is 111 Å². The van der Waals surface area contributed by atoms with Crippen molar-refractivity contribution in [3.05, 3.63) is 84.9 Å². The number of rotatable bonds is 6. The molecule has 3 heterocycles. The van der Waals surface area contributed by atoms with Crippen LogP contribution in [0, 0.1) is 5.82 Å². The van der Waals surface area contributed by atoms with E-state index in [9.17, 15) is 12.8 Å². The Morgan fingerprint density at radius 1 is 0.971 bits per heavy atom. The van der Waals surface area contributed by atoms with Gasteiger partial charge in [0.05, 0.1) is 17.7 Å². The number of hydrogen-bond acceptors (Lipinski definition) is 7. The average molecular weight is 476 g/mol. The number of halogens is 1. The summed E-state index contributed by atoms with van der Waals surface area (Å²) < 4.78 is 48.5. The van der Waals surface area contributed by atoms with Crippen LogP contribution in [0.5, 0.6) is 5.75 Å².